The summed E-state index contributed by atoms with van der Waals surface area (Å²) in [7, 11) is 0. The third-order valence-electron chi connectivity index (χ3n) is 6.49. The van der Waals surface area contributed by atoms with Gasteiger partial charge in [0, 0.05) is 17.3 Å². The average Bonchev–Trinajstić information content (AvgIpc) is 3.24. The van der Waals surface area contributed by atoms with E-state index in [1.54, 1.807) is 19.9 Å². The number of ether oxygens (including phenoxy) is 2. The predicted molar refractivity (Wildman–Crippen MR) is 70.4 cm³/mol. The molecule has 0 amide bonds. The van der Waals surface area contributed by atoms with E-state index in [0.717, 1.165) is 0 Å². The van der Waals surface area contributed by atoms with Crippen LogP contribution >= 0.6 is 0 Å². The molecule has 3 N–H and O–H groups in total. The van der Waals surface area contributed by atoms with E-state index in [4.69, 9.17) is 9.47 Å². The van der Waals surface area contributed by atoms with E-state index in [9.17, 15) is 20.1 Å². The van der Waals surface area contributed by atoms with Crippen molar-refractivity contribution in [1.82, 2.24) is 0 Å². The third kappa shape index (κ3) is 1.22. The molecule has 2 saturated heterocycles. The molecule has 2 aliphatic carbocycles. The second-order valence-corrected chi connectivity index (χ2v) is 7.06. The molecule has 1 spiro atoms. The maximum absolute atomic E-state index is 12.2. The molecule has 2 aliphatic heterocycles. The summed E-state index contributed by atoms with van der Waals surface area (Å²) in [6.45, 7) is 3.60. The zero-order valence-electron chi connectivity index (χ0n) is 12.1. The van der Waals surface area contributed by atoms with Gasteiger partial charge in [-0.25, -0.2) is 0 Å². The molecule has 0 radical (unpaired) electrons. The Morgan fingerprint density at radius 1 is 1.43 bits per heavy atom. The van der Waals surface area contributed by atoms with Gasteiger partial charge in [0.1, 0.15) is 17.8 Å². The van der Waals surface area contributed by atoms with Crippen molar-refractivity contribution >= 4 is 5.78 Å². The van der Waals surface area contributed by atoms with Crippen LogP contribution in [0.25, 0.3) is 0 Å². The number of ketones is 1. The Balaban J connectivity index is 1.94. The molecular weight excluding hydrogens is 276 g/mol. The Hall–Kier alpha value is -0.790. The van der Waals surface area contributed by atoms with Crippen molar-refractivity contribution in [2.75, 3.05) is 13.2 Å². The molecule has 0 aromatic carbocycles. The Bertz CT molecular complexity index is 552. The summed E-state index contributed by atoms with van der Waals surface area (Å²) < 4.78 is 11.6. The van der Waals surface area contributed by atoms with E-state index >= 15 is 0 Å². The molecule has 2 bridgehead atoms. The summed E-state index contributed by atoms with van der Waals surface area (Å²) in [5.41, 5.74) is -2.09. The molecule has 4 rings (SSSR count). The number of aliphatic hydroxyl groups excluding tert-OH is 3. The lowest BCUT2D eigenvalue weighted by Crippen LogP contribution is -2.67. The van der Waals surface area contributed by atoms with E-state index in [1.165, 1.54) is 0 Å². The van der Waals surface area contributed by atoms with Crippen LogP contribution in [0.1, 0.15) is 20.3 Å². The highest BCUT2D eigenvalue weighted by Crippen LogP contribution is 2.70. The average molecular weight is 296 g/mol. The largest absolute Gasteiger partial charge is 0.396 e. The van der Waals surface area contributed by atoms with Gasteiger partial charge in [-0.1, -0.05) is 6.92 Å². The van der Waals surface area contributed by atoms with Gasteiger partial charge in [-0.3, -0.25) is 4.79 Å². The normalized spacial score (nSPS) is 58.1. The fourth-order valence-corrected chi connectivity index (χ4v) is 4.90. The van der Waals surface area contributed by atoms with E-state index in [0.29, 0.717) is 12.2 Å². The number of hydrogen-bond acceptors (Lipinski definition) is 6. The Kier molecular flexibility index (Phi) is 2.47. The zero-order chi connectivity index (χ0) is 15.2. The van der Waals surface area contributed by atoms with Crippen molar-refractivity contribution in [3.05, 3.63) is 11.6 Å². The number of allylic oxidation sites excluding steroid dienone is 1. The van der Waals surface area contributed by atoms with Crippen LogP contribution in [-0.4, -0.2) is 64.3 Å². The van der Waals surface area contributed by atoms with E-state index in [2.05, 4.69) is 0 Å². The van der Waals surface area contributed by atoms with Crippen LogP contribution in [0.15, 0.2) is 11.6 Å². The highest BCUT2D eigenvalue weighted by Gasteiger charge is 2.84. The van der Waals surface area contributed by atoms with Crippen molar-refractivity contribution in [2.45, 2.75) is 50.3 Å². The van der Waals surface area contributed by atoms with Crippen molar-refractivity contribution in [3.8, 4) is 0 Å². The number of carbonyl (C=O) groups is 1. The lowest BCUT2D eigenvalue weighted by atomic mass is 9.51. The van der Waals surface area contributed by atoms with Gasteiger partial charge in [0.25, 0.3) is 0 Å². The minimum atomic E-state index is -1.10. The molecule has 6 heteroatoms. The maximum atomic E-state index is 12.2. The van der Waals surface area contributed by atoms with Crippen LogP contribution in [-0.2, 0) is 14.3 Å². The van der Waals surface area contributed by atoms with E-state index < -0.39 is 40.8 Å². The number of Topliss-reactive ketones (excluding diaryl/α,β-unsaturated/α-hetero) is 1. The van der Waals surface area contributed by atoms with Crippen molar-refractivity contribution in [1.29, 1.82) is 0 Å². The van der Waals surface area contributed by atoms with Gasteiger partial charge in [0.05, 0.1) is 25.4 Å². The molecule has 0 unspecified atom stereocenters. The van der Waals surface area contributed by atoms with Crippen LogP contribution in [0.4, 0.5) is 0 Å². The zero-order valence-corrected chi connectivity index (χ0v) is 12.1. The monoisotopic (exact) mass is 296 g/mol. The molecule has 2 heterocycles. The number of carbonyl (C=O) groups excluding carboxylic acids is 1. The molecule has 7 atom stereocenters. The van der Waals surface area contributed by atoms with Crippen LogP contribution in [0.3, 0.4) is 0 Å². The molecule has 0 aromatic rings. The lowest BCUT2D eigenvalue weighted by Gasteiger charge is -2.57. The Labute approximate surface area is 122 Å². The fraction of sp³-hybridized carbons (Fsp3) is 0.800. The first-order valence-electron chi connectivity index (χ1n) is 7.32. The molecule has 3 fully saturated rings. The summed E-state index contributed by atoms with van der Waals surface area (Å²) in [5.74, 6) is -0.0621. The first kappa shape index (κ1) is 13.8. The third-order valence-corrected chi connectivity index (χ3v) is 6.49. The van der Waals surface area contributed by atoms with Crippen LogP contribution in [0.5, 0.6) is 0 Å². The SMILES string of the molecule is CC1=C[C@@H]2O[C@H]3[C@@H](O)[C@@H](O)[C@@](C)([C@]2(CO)CC1=O)[C@@]31CO1. The molecule has 4 aliphatic rings. The van der Waals surface area contributed by atoms with Crippen molar-refractivity contribution in [3.63, 3.8) is 0 Å². The summed E-state index contributed by atoms with van der Waals surface area (Å²) in [4.78, 5) is 12.2. The first-order chi connectivity index (χ1) is 9.84. The van der Waals surface area contributed by atoms with Crippen molar-refractivity contribution < 1.29 is 29.6 Å². The Morgan fingerprint density at radius 2 is 2.10 bits per heavy atom. The molecule has 1 saturated carbocycles. The van der Waals surface area contributed by atoms with Crippen LogP contribution in [0, 0.1) is 10.8 Å². The summed E-state index contributed by atoms with van der Waals surface area (Å²) in [6, 6.07) is 0. The summed E-state index contributed by atoms with van der Waals surface area (Å²) >= 11 is 0. The van der Waals surface area contributed by atoms with E-state index in [1.807, 2.05) is 0 Å². The van der Waals surface area contributed by atoms with Crippen LogP contribution in [0.2, 0.25) is 0 Å². The fourth-order valence-electron chi connectivity index (χ4n) is 4.90. The smallest absolute Gasteiger partial charge is 0.159 e. The van der Waals surface area contributed by atoms with Gasteiger partial charge in [0.2, 0.25) is 0 Å². The molecule has 6 nitrogen and oxygen atoms in total. The summed E-state index contributed by atoms with van der Waals surface area (Å²) in [6.07, 6.45) is -1.49. The van der Waals surface area contributed by atoms with Gasteiger partial charge < -0.3 is 24.8 Å². The standard InChI is InChI=1S/C15H20O6/c1-7-3-9-14(5-16,4-8(7)17)13(2)11(19)10(18)12(21-9)15(13)6-20-15/h3,9-12,16,18-19H,4-6H2,1-2H3/t9-,10-,11+,12-,13-,14-,15+/m0/s1. The minimum Gasteiger partial charge on any atom is -0.396 e. The number of epoxide rings is 1. The van der Waals surface area contributed by atoms with Gasteiger partial charge in [-0.15, -0.1) is 0 Å². The molecular formula is C15H20O6. The quantitative estimate of drug-likeness (QED) is 0.546. The van der Waals surface area contributed by atoms with Gasteiger partial charge in [0.15, 0.2) is 5.78 Å². The van der Waals surface area contributed by atoms with E-state index in [-0.39, 0.29) is 18.8 Å². The lowest BCUT2D eigenvalue weighted by molar-refractivity contribution is -0.224. The van der Waals surface area contributed by atoms with Crippen LogP contribution < -0.4 is 0 Å². The highest BCUT2D eigenvalue weighted by atomic mass is 16.6. The topological polar surface area (TPSA) is 99.5 Å². The Morgan fingerprint density at radius 3 is 2.67 bits per heavy atom. The molecule has 116 valence electrons. The maximum Gasteiger partial charge on any atom is 0.159 e. The minimum absolute atomic E-state index is 0.0621. The highest BCUT2D eigenvalue weighted by molar-refractivity contribution is 5.96. The van der Waals surface area contributed by atoms with Gasteiger partial charge in [-0.05, 0) is 18.6 Å². The molecule has 0 aromatic heterocycles. The number of hydrogen-bond donors (Lipinski definition) is 3. The van der Waals surface area contributed by atoms with Gasteiger partial charge in [-0.2, -0.15) is 0 Å². The predicted octanol–water partition coefficient (Wildman–Crippen LogP) is -0.838. The first-order valence-corrected chi connectivity index (χ1v) is 7.32. The summed E-state index contributed by atoms with van der Waals surface area (Å²) in [5, 5.41) is 31.1. The molecule has 21 heavy (non-hydrogen) atoms. The van der Waals surface area contributed by atoms with Gasteiger partial charge >= 0.3 is 0 Å². The number of rotatable bonds is 1. The number of aliphatic hydroxyl groups is 3. The van der Waals surface area contributed by atoms with Crippen molar-refractivity contribution in [2.24, 2.45) is 10.8 Å². The second-order valence-electron chi connectivity index (χ2n) is 7.06. The number of fused-ring (bicyclic) bond motifs is 2. The second kappa shape index (κ2) is 3.75.